The first kappa shape index (κ1) is 96.7. The van der Waals surface area contributed by atoms with Crippen LogP contribution in [0.15, 0.2) is 175 Å². The highest BCUT2D eigenvalue weighted by Gasteiger charge is 2.34. The van der Waals surface area contributed by atoms with Gasteiger partial charge in [0.05, 0.1) is 53.7 Å². The number of nitrogens with one attached hydrogen (secondary N) is 6. The molecule has 2 heterocycles. The molecule has 22 nitrogen and oxygen atoms in total. The number of hydrogen-bond donors (Lipinski definition) is 7. The van der Waals surface area contributed by atoms with Crippen LogP contribution in [0.3, 0.4) is 0 Å². The highest BCUT2D eigenvalue weighted by molar-refractivity contribution is 7.80. The third-order valence-corrected chi connectivity index (χ3v) is 13.8. The van der Waals surface area contributed by atoms with Crippen molar-refractivity contribution < 1.29 is 76.4 Å². The van der Waals surface area contributed by atoms with Gasteiger partial charge in [-0.05, 0) is 65.3 Å². The SMILES string of the molecule is CC.CC.CC.CC.[B]C(=O)NC(Cc1ccc(C)cc1)C(=O)OC.[B]C(=O)NC(Cc1cccc(S)c1)C(=O)OC.[B]C(=O)NC(Cc1ccccc1)C(=O)OC.[B]C(=O)NC(Cc1ccccc1)C(=O)OC.[B]C(=O)NC(Cc1ccccc1)[C@H]1CO1.[B]C(=O)NC(Cc1ccccc1)[C@H]1CO1. The van der Waals surface area contributed by atoms with Crippen molar-refractivity contribution in [1.82, 2.24) is 31.9 Å². The topological polar surface area (TPSA) is 305 Å². The molecule has 2 aliphatic rings. The molecule has 104 heavy (non-hydrogen) atoms. The van der Waals surface area contributed by atoms with Gasteiger partial charge in [-0.1, -0.05) is 219 Å². The number of esters is 4. The first-order chi connectivity index (χ1) is 49.8. The van der Waals surface area contributed by atoms with E-state index in [0.29, 0.717) is 38.9 Å². The minimum atomic E-state index is -0.785. The van der Waals surface area contributed by atoms with E-state index in [1.165, 1.54) is 39.6 Å². The summed E-state index contributed by atoms with van der Waals surface area (Å²) in [7, 11) is 35.2. The molecule has 6 N–H and O–H groups in total. The number of benzene rings is 6. The number of aryl methyl sites for hydroxylation is 1. The molecule has 6 aromatic carbocycles. The van der Waals surface area contributed by atoms with E-state index >= 15 is 0 Å². The standard InChI is InChI=1S/C12H14BNO3.C11H12BNO3S.2C11H12BNO3.2C11H12BNO2.4C2H6/c1-8-3-5-9(6-4-8)7-10(11(15)17-2)14-12(13)16;1-16-10(14)9(13-11(12)15)6-7-3-2-4-8(17)5-7;2*1-16-10(14)9(13-11(12)15)7-8-5-3-2-4-6-8;2*12-11(14)13-9(10-7-15-10)6-8-4-2-1-3-5-8;4*1-2/h3-6,10H,7H2,1-2H3,(H,14,16);2-5,9,17H,6H2,1H3,(H,13,15);2*2-6,9H,7H2,1H3,(H,13,15);2*1-5,9-10H,6-7H2,(H,13,14);4*1-2H3/t;;;;2*9?,10-;;;;/m....11..../s1. The van der Waals surface area contributed by atoms with Crippen LogP contribution in [0.4, 0.5) is 28.8 Å². The largest absolute Gasteiger partial charge is 0.467 e. The van der Waals surface area contributed by atoms with Crippen LogP contribution in [-0.2, 0) is 86.1 Å². The fraction of sp³-hybridized carbons (Fsp3) is 0.387. The van der Waals surface area contributed by atoms with E-state index in [-0.39, 0.29) is 24.3 Å². The molecule has 6 unspecified atom stereocenters. The molecule has 6 aromatic rings. The zero-order valence-corrected chi connectivity index (χ0v) is 62.8. The number of epoxide rings is 2. The molecule has 8 atom stereocenters. The molecule has 29 heteroatoms. The maximum Gasteiger partial charge on any atom is 0.328 e. The number of thiol groups is 1. The summed E-state index contributed by atoms with van der Waals surface area (Å²) in [5.74, 6) is -6.05. The molecule has 0 spiro atoms. The third-order valence-electron chi connectivity index (χ3n) is 13.6. The van der Waals surface area contributed by atoms with Crippen molar-refractivity contribution in [3.63, 3.8) is 0 Å². The molecule has 2 aliphatic heterocycles. The zero-order valence-electron chi connectivity index (χ0n) is 61.9. The van der Waals surface area contributed by atoms with E-state index in [1.54, 1.807) is 0 Å². The van der Waals surface area contributed by atoms with E-state index in [9.17, 15) is 47.9 Å². The summed E-state index contributed by atoms with van der Waals surface area (Å²) in [6.45, 7) is 19.4. The summed E-state index contributed by atoms with van der Waals surface area (Å²) in [5, 5.41) is 14.8. The van der Waals surface area contributed by atoms with Gasteiger partial charge in [0.25, 0.3) is 0 Å². The summed E-state index contributed by atoms with van der Waals surface area (Å²) < 4.78 is 28.7. The minimum absolute atomic E-state index is 0.00935. The number of hydrogen-bond acceptors (Lipinski definition) is 17. The average Bonchev–Trinajstić information content (AvgIpc) is 1.71. The van der Waals surface area contributed by atoms with Gasteiger partial charge in [0.15, 0.2) is 34.8 Å². The second kappa shape index (κ2) is 59.1. The third kappa shape index (κ3) is 47.0. The molecular formula is C75H98B6N6O16S. The van der Waals surface area contributed by atoms with Crippen molar-refractivity contribution in [2.24, 2.45) is 0 Å². The van der Waals surface area contributed by atoms with Crippen LogP contribution in [0.1, 0.15) is 94.3 Å². The Labute approximate surface area is 628 Å². The van der Waals surface area contributed by atoms with Crippen LogP contribution in [-0.4, -0.2) is 196 Å². The maximum atomic E-state index is 11.4. The smallest absolute Gasteiger partial charge is 0.328 e. The lowest BCUT2D eigenvalue weighted by atomic mass is 10.0. The second-order valence-corrected chi connectivity index (χ2v) is 21.7. The van der Waals surface area contributed by atoms with Gasteiger partial charge in [0.2, 0.25) is 47.1 Å². The van der Waals surface area contributed by atoms with Gasteiger partial charge in [0, 0.05) is 30.6 Å². The van der Waals surface area contributed by atoms with Gasteiger partial charge in [-0.15, -0.1) is 12.6 Å². The van der Waals surface area contributed by atoms with Crippen molar-refractivity contribution in [1.29, 1.82) is 0 Å². The number of methoxy groups -OCH3 is 4. The Balaban J connectivity index is 0. The predicted molar refractivity (Wildman–Crippen MR) is 414 cm³/mol. The van der Waals surface area contributed by atoms with Gasteiger partial charge in [-0.3, -0.25) is 28.8 Å². The summed E-state index contributed by atoms with van der Waals surface area (Å²) in [6.07, 6.45) is 3.14. The Morgan fingerprint density at radius 1 is 0.346 bits per heavy atom. The number of rotatable bonds is 24. The number of carbonyl (C=O) groups is 10. The lowest BCUT2D eigenvalue weighted by Gasteiger charge is -2.15. The molecule has 6 amide bonds. The zero-order chi connectivity index (χ0) is 79.0. The fourth-order valence-corrected chi connectivity index (χ4v) is 9.09. The molecule has 0 aromatic heterocycles. The normalized spacial score (nSPS) is 13.6. The van der Waals surface area contributed by atoms with Crippen LogP contribution >= 0.6 is 12.6 Å². The van der Waals surface area contributed by atoms with Gasteiger partial charge in [-0.2, -0.15) is 0 Å². The van der Waals surface area contributed by atoms with E-state index in [0.717, 1.165) is 45.6 Å². The predicted octanol–water partition coefficient (Wildman–Crippen LogP) is 9.05. The van der Waals surface area contributed by atoms with Crippen molar-refractivity contribution >= 4 is 118 Å². The van der Waals surface area contributed by atoms with Crippen molar-refractivity contribution in [3.8, 4) is 0 Å². The number of ether oxygens (including phenoxy) is 6. The Morgan fingerprint density at radius 3 is 0.788 bits per heavy atom. The van der Waals surface area contributed by atoms with Gasteiger partial charge in [-0.25, -0.2) is 19.2 Å². The summed E-state index contributed by atoms with van der Waals surface area (Å²) in [5.41, 5.74) is 7.12. The molecular weight excluding hydrogens is 1340 g/mol. The molecule has 12 radical (unpaired) electrons. The summed E-state index contributed by atoms with van der Waals surface area (Å²) in [4.78, 5) is 111. The molecule has 8 rings (SSSR count). The molecule has 0 saturated carbocycles. The van der Waals surface area contributed by atoms with E-state index in [1.807, 2.05) is 232 Å². The monoisotopic (exact) mass is 1440 g/mol. The van der Waals surface area contributed by atoms with Crippen molar-refractivity contribution in [3.05, 3.63) is 209 Å². The molecule has 548 valence electrons. The van der Waals surface area contributed by atoms with E-state index < -0.39 is 82.9 Å². The molecule has 0 bridgehead atoms. The Kier molecular flexibility index (Phi) is 55.0. The fourth-order valence-electron chi connectivity index (χ4n) is 8.84. The van der Waals surface area contributed by atoms with Crippen LogP contribution < -0.4 is 31.9 Å². The molecule has 2 saturated heterocycles. The van der Waals surface area contributed by atoms with Crippen LogP contribution in [0.5, 0.6) is 0 Å². The highest BCUT2D eigenvalue weighted by Crippen LogP contribution is 2.20. The molecule has 2 fully saturated rings. The highest BCUT2D eigenvalue weighted by atomic mass is 32.1. The van der Waals surface area contributed by atoms with Crippen molar-refractivity contribution in [2.45, 2.75) is 154 Å². The van der Waals surface area contributed by atoms with Crippen LogP contribution in [0.2, 0.25) is 0 Å². The van der Waals surface area contributed by atoms with Crippen LogP contribution in [0.25, 0.3) is 0 Å². The lowest BCUT2D eigenvalue weighted by molar-refractivity contribution is -0.143. The van der Waals surface area contributed by atoms with Crippen molar-refractivity contribution in [2.75, 3.05) is 41.7 Å². The Bertz CT molecular complexity index is 3250. The summed E-state index contributed by atoms with van der Waals surface area (Å²) in [6, 6.07) is 50.4. The van der Waals surface area contributed by atoms with Gasteiger partial charge in [0.1, 0.15) is 36.4 Å². The summed E-state index contributed by atoms with van der Waals surface area (Å²) >= 11 is 4.19. The van der Waals surface area contributed by atoms with Gasteiger partial charge >= 0.3 is 23.9 Å². The van der Waals surface area contributed by atoms with Crippen LogP contribution in [0, 0.1) is 6.92 Å². The Morgan fingerprint density at radius 2 is 0.567 bits per heavy atom. The minimum Gasteiger partial charge on any atom is -0.467 e. The molecule has 0 aliphatic carbocycles. The quantitative estimate of drug-likeness (QED) is 0.00977. The first-order valence-electron chi connectivity index (χ1n) is 33.7. The van der Waals surface area contributed by atoms with E-state index in [2.05, 4.69) is 63.5 Å². The first-order valence-corrected chi connectivity index (χ1v) is 34.2. The van der Waals surface area contributed by atoms with Gasteiger partial charge < -0.3 is 60.3 Å². The average molecular weight is 1440 g/mol. The second-order valence-electron chi connectivity index (χ2n) is 21.1. The van der Waals surface area contributed by atoms with E-state index in [4.69, 9.17) is 56.6 Å². The maximum absolute atomic E-state index is 11.4. The number of carbonyl (C=O) groups excluding carboxylic acids is 10. The number of amides is 6. The Hall–Kier alpha value is -9.32. The lowest BCUT2D eigenvalue weighted by Crippen LogP contribution is -2.42.